The fourth-order valence-corrected chi connectivity index (χ4v) is 2.66. The smallest absolute Gasteiger partial charge is 0.0601 e. The summed E-state index contributed by atoms with van der Waals surface area (Å²) in [7, 11) is 0. The lowest BCUT2D eigenvalue weighted by Crippen LogP contribution is -2.48. The third-order valence-electron chi connectivity index (χ3n) is 3.93. The SMILES string of the molecule is Cc1ccccc1N1CC(CO)NCCC1(C)C. The van der Waals surface area contributed by atoms with E-state index in [0.717, 1.165) is 19.5 Å². The van der Waals surface area contributed by atoms with Crippen molar-refractivity contribution in [3.63, 3.8) is 0 Å². The van der Waals surface area contributed by atoms with Crippen molar-refractivity contribution in [3.05, 3.63) is 29.8 Å². The zero-order valence-corrected chi connectivity index (χ0v) is 11.6. The van der Waals surface area contributed by atoms with E-state index in [-0.39, 0.29) is 18.2 Å². The highest BCUT2D eigenvalue weighted by Crippen LogP contribution is 2.30. The first-order valence-electron chi connectivity index (χ1n) is 6.72. The molecule has 1 heterocycles. The van der Waals surface area contributed by atoms with E-state index >= 15 is 0 Å². The minimum absolute atomic E-state index is 0.114. The van der Waals surface area contributed by atoms with Crippen LogP contribution in [-0.2, 0) is 0 Å². The quantitative estimate of drug-likeness (QED) is 0.839. The van der Waals surface area contributed by atoms with Crippen molar-refractivity contribution in [2.75, 3.05) is 24.6 Å². The van der Waals surface area contributed by atoms with Gasteiger partial charge in [0.15, 0.2) is 0 Å². The molecule has 1 aromatic carbocycles. The van der Waals surface area contributed by atoms with Gasteiger partial charge < -0.3 is 15.3 Å². The minimum atomic E-state index is 0.114. The number of aliphatic hydroxyl groups excluding tert-OH is 1. The molecule has 1 unspecified atom stereocenters. The number of nitrogens with one attached hydrogen (secondary N) is 1. The Labute approximate surface area is 110 Å². The van der Waals surface area contributed by atoms with Gasteiger partial charge in [0.05, 0.1) is 6.61 Å². The third kappa shape index (κ3) is 2.68. The first kappa shape index (κ1) is 13.4. The van der Waals surface area contributed by atoms with Crippen molar-refractivity contribution in [3.8, 4) is 0 Å². The summed E-state index contributed by atoms with van der Waals surface area (Å²) in [4.78, 5) is 2.43. The van der Waals surface area contributed by atoms with Gasteiger partial charge in [0.25, 0.3) is 0 Å². The summed E-state index contributed by atoms with van der Waals surface area (Å²) >= 11 is 0. The molecular weight excluding hydrogens is 224 g/mol. The summed E-state index contributed by atoms with van der Waals surface area (Å²) in [6.07, 6.45) is 1.08. The molecule has 0 aromatic heterocycles. The van der Waals surface area contributed by atoms with Gasteiger partial charge >= 0.3 is 0 Å². The lowest BCUT2D eigenvalue weighted by atomic mass is 9.96. The van der Waals surface area contributed by atoms with Crippen LogP contribution in [0, 0.1) is 6.92 Å². The topological polar surface area (TPSA) is 35.5 Å². The molecule has 0 radical (unpaired) electrons. The monoisotopic (exact) mass is 248 g/mol. The molecule has 18 heavy (non-hydrogen) atoms. The van der Waals surface area contributed by atoms with Crippen LogP contribution in [0.4, 0.5) is 5.69 Å². The van der Waals surface area contributed by atoms with Crippen LogP contribution in [0.3, 0.4) is 0 Å². The summed E-state index contributed by atoms with van der Waals surface area (Å²) < 4.78 is 0. The fourth-order valence-electron chi connectivity index (χ4n) is 2.66. The number of nitrogens with zero attached hydrogens (tertiary/aromatic N) is 1. The highest BCUT2D eigenvalue weighted by atomic mass is 16.3. The molecule has 2 rings (SSSR count). The van der Waals surface area contributed by atoms with E-state index < -0.39 is 0 Å². The molecule has 1 saturated heterocycles. The molecular formula is C15H24N2O. The second-order valence-corrected chi connectivity index (χ2v) is 5.79. The van der Waals surface area contributed by atoms with E-state index in [1.54, 1.807) is 0 Å². The molecule has 0 aliphatic carbocycles. The van der Waals surface area contributed by atoms with Crippen LogP contribution in [0.25, 0.3) is 0 Å². The van der Waals surface area contributed by atoms with Crippen molar-refractivity contribution >= 4 is 5.69 Å². The van der Waals surface area contributed by atoms with Crippen molar-refractivity contribution in [2.24, 2.45) is 0 Å². The van der Waals surface area contributed by atoms with Gasteiger partial charge in [-0.25, -0.2) is 0 Å². The van der Waals surface area contributed by atoms with Crippen LogP contribution in [0.15, 0.2) is 24.3 Å². The molecule has 2 N–H and O–H groups in total. The second-order valence-electron chi connectivity index (χ2n) is 5.79. The van der Waals surface area contributed by atoms with Gasteiger partial charge in [-0.1, -0.05) is 18.2 Å². The van der Waals surface area contributed by atoms with Gasteiger partial charge in [-0.05, 0) is 45.4 Å². The van der Waals surface area contributed by atoms with Gasteiger partial charge in [-0.15, -0.1) is 0 Å². The minimum Gasteiger partial charge on any atom is -0.395 e. The van der Waals surface area contributed by atoms with E-state index in [0.29, 0.717) is 0 Å². The number of aliphatic hydroxyl groups is 1. The van der Waals surface area contributed by atoms with E-state index in [1.165, 1.54) is 11.3 Å². The maximum atomic E-state index is 9.43. The van der Waals surface area contributed by atoms with Crippen LogP contribution in [0.1, 0.15) is 25.8 Å². The number of para-hydroxylation sites is 1. The highest BCUT2D eigenvalue weighted by Gasteiger charge is 2.32. The number of anilines is 1. The predicted molar refractivity (Wildman–Crippen MR) is 76.1 cm³/mol. The fraction of sp³-hybridized carbons (Fsp3) is 0.600. The van der Waals surface area contributed by atoms with E-state index in [4.69, 9.17) is 0 Å². The number of rotatable bonds is 2. The largest absolute Gasteiger partial charge is 0.395 e. The van der Waals surface area contributed by atoms with E-state index in [9.17, 15) is 5.11 Å². The summed E-state index contributed by atoms with van der Waals surface area (Å²) in [5.41, 5.74) is 2.69. The Balaban J connectivity index is 2.34. The molecule has 100 valence electrons. The van der Waals surface area contributed by atoms with Gasteiger partial charge in [-0.3, -0.25) is 0 Å². The first-order valence-corrected chi connectivity index (χ1v) is 6.72. The molecule has 1 aliphatic heterocycles. The zero-order valence-electron chi connectivity index (χ0n) is 11.6. The van der Waals surface area contributed by atoms with Gasteiger partial charge in [-0.2, -0.15) is 0 Å². The van der Waals surface area contributed by atoms with Crippen molar-refractivity contribution < 1.29 is 5.11 Å². The Kier molecular flexibility index (Phi) is 3.93. The third-order valence-corrected chi connectivity index (χ3v) is 3.93. The van der Waals surface area contributed by atoms with Gasteiger partial charge in [0.1, 0.15) is 0 Å². The summed E-state index contributed by atoms with van der Waals surface area (Å²) in [6.45, 7) is 8.72. The van der Waals surface area contributed by atoms with Crippen molar-refractivity contribution in [1.82, 2.24) is 5.32 Å². The average Bonchev–Trinajstić information content (AvgIpc) is 2.48. The standard InChI is InChI=1S/C15H24N2O/c1-12-6-4-5-7-14(12)17-10-13(11-18)16-9-8-15(17,2)3/h4-7,13,16,18H,8-11H2,1-3H3. The lowest BCUT2D eigenvalue weighted by molar-refractivity contribution is 0.248. The molecule has 3 heteroatoms. The van der Waals surface area contributed by atoms with Crippen LogP contribution in [0.5, 0.6) is 0 Å². The summed E-state index contributed by atoms with van der Waals surface area (Å²) in [5, 5.41) is 12.8. The first-order chi connectivity index (χ1) is 8.54. The molecule has 0 bridgehead atoms. The van der Waals surface area contributed by atoms with Crippen LogP contribution >= 0.6 is 0 Å². The Morgan fingerprint density at radius 2 is 2.11 bits per heavy atom. The van der Waals surface area contributed by atoms with Gasteiger partial charge in [0, 0.05) is 23.8 Å². The number of benzene rings is 1. The molecule has 0 spiro atoms. The molecule has 1 atom stereocenters. The second kappa shape index (κ2) is 5.29. The van der Waals surface area contributed by atoms with Crippen LogP contribution in [0.2, 0.25) is 0 Å². The molecule has 1 fully saturated rings. The Morgan fingerprint density at radius 3 is 2.78 bits per heavy atom. The van der Waals surface area contributed by atoms with Crippen LogP contribution in [-0.4, -0.2) is 36.4 Å². The van der Waals surface area contributed by atoms with Crippen molar-refractivity contribution in [2.45, 2.75) is 38.8 Å². The summed E-state index contributed by atoms with van der Waals surface area (Å²) in [5.74, 6) is 0. The lowest BCUT2D eigenvalue weighted by Gasteiger charge is -2.40. The molecule has 0 saturated carbocycles. The normalized spacial score (nSPS) is 23.8. The predicted octanol–water partition coefficient (Wildman–Crippen LogP) is 1.93. The van der Waals surface area contributed by atoms with E-state index in [1.807, 2.05) is 0 Å². The van der Waals surface area contributed by atoms with Crippen LogP contribution < -0.4 is 10.2 Å². The Bertz CT molecular complexity index is 403. The molecule has 0 amide bonds. The molecule has 3 nitrogen and oxygen atoms in total. The number of hydrogen-bond acceptors (Lipinski definition) is 3. The zero-order chi connectivity index (χ0) is 13.2. The summed E-state index contributed by atoms with van der Waals surface area (Å²) in [6, 6.07) is 8.65. The molecule has 1 aromatic rings. The highest BCUT2D eigenvalue weighted by molar-refractivity contribution is 5.55. The number of aryl methyl sites for hydroxylation is 1. The maximum Gasteiger partial charge on any atom is 0.0601 e. The molecule has 1 aliphatic rings. The Morgan fingerprint density at radius 1 is 1.39 bits per heavy atom. The Hall–Kier alpha value is -1.06. The maximum absolute atomic E-state index is 9.43. The average molecular weight is 248 g/mol. The van der Waals surface area contributed by atoms with E-state index in [2.05, 4.69) is 55.3 Å². The number of hydrogen-bond donors (Lipinski definition) is 2. The van der Waals surface area contributed by atoms with Crippen molar-refractivity contribution in [1.29, 1.82) is 0 Å². The van der Waals surface area contributed by atoms with Gasteiger partial charge in [0.2, 0.25) is 0 Å².